The van der Waals surface area contributed by atoms with Gasteiger partial charge in [-0.1, -0.05) is 55.3 Å². The zero-order chi connectivity index (χ0) is 22.5. The molecule has 0 amide bonds. The molecule has 1 fully saturated rings. The van der Waals surface area contributed by atoms with Gasteiger partial charge in [0, 0.05) is 6.54 Å². The Kier molecular flexibility index (Phi) is 6.48. The second-order valence-corrected chi connectivity index (χ2v) is 8.57. The minimum Gasteiger partial charge on any atom is -0.497 e. The quantitative estimate of drug-likeness (QED) is 0.355. The van der Waals surface area contributed by atoms with E-state index in [-0.39, 0.29) is 6.04 Å². The van der Waals surface area contributed by atoms with Crippen LogP contribution in [0.5, 0.6) is 5.75 Å². The molecule has 0 aliphatic heterocycles. The number of methoxy groups -OCH3 is 1. The fourth-order valence-corrected chi connectivity index (χ4v) is 4.76. The summed E-state index contributed by atoms with van der Waals surface area (Å²) in [7, 11) is 1.69. The molecule has 2 aromatic heterocycles. The fourth-order valence-electron chi connectivity index (χ4n) is 4.76. The first-order chi connectivity index (χ1) is 16.3. The minimum absolute atomic E-state index is 0.142. The van der Waals surface area contributed by atoms with Crippen LogP contribution in [0.4, 0.5) is 0 Å². The number of hydrogen-bond donors (Lipinski definition) is 0. The lowest BCUT2D eigenvalue weighted by molar-refractivity contribution is 0.177. The van der Waals surface area contributed by atoms with E-state index >= 15 is 0 Å². The van der Waals surface area contributed by atoms with Crippen molar-refractivity contribution in [3.8, 4) is 5.75 Å². The third-order valence-electron chi connectivity index (χ3n) is 6.40. The number of nitrogens with zero attached hydrogens (tertiary/aromatic N) is 5. The lowest BCUT2D eigenvalue weighted by Crippen LogP contribution is -2.31. The number of benzene rings is 2. The maximum Gasteiger partial charge on any atom is 0.173 e. The van der Waals surface area contributed by atoms with E-state index in [0.717, 1.165) is 42.3 Å². The van der Waals surface area contributed by atoms with Gasteiger partial charge >= 0.3 is 0 Å². The van der Waals surface area contributed by atoms with Crippen LogP contribution < -0.4 is 4.74 Å². The Morgan fingerprint density at radius 2 is 1.79 bits per heavy atom. The second-order valence-electron chi connectivity index (χ2n) is 8.57. The Labute approximate surface area is 194 Å². The Hall–Kier alpha value is -3.45. The van der Waals surface area contributed by atoms with Crippen molar-refractivity contribution in [2.45, 2.75) is 50.9 Å². The molecule has 1 aliphatic carbocycles. The number of aromatic nitrogens is 4. The van der Waals surface area contributed by atoms with Crippen molar-refractivity contribution in [2.24, 2.45) is 0 Å². The molecule has 0 bridgehead atoms. The van der Waals surface area contributed by atoms with Crippen molar-refractivity contribution >= 4 is 0 Å². The highest BCUT2D eigenvalue weighted by atomic mass is 16.5. The van der Waals surface area contributed by atoms with E-state index < -0.39 is 0 Å². The molecule has 0 unspecified atom stereocenters. The van der Waals surface area contributed by atoms with Gasteiger partial charge in [-0.05, 0) is 58.7 Å². The summed E-state index contributed by atoms with van der Waals surface area (Å²) in [6, 6.07) is 22.9. The summed E-state index contributed by atoms with van der Waals surface area (Å²) in [5, 5.41) is 13.1. The summed E-state index contributed by atoms with van der Waals surface area (Å²) in [5.74, 6) is 2.60. The van der Waals surface area contributed by atoms with Crippen molar-refractivity contribution in [2.75, 3.05) is 7.11 Å². The monoisotopic (exact) mass is 443 g/mol. The van der Waals surface area contributed by atoms with Crippen LogP contribution in [-0.2, 0) is 13.1 Å². The normalized spacial score (nSPS) is 15.2. The number of furan rings is 1. The van der Waals surface area contributed by atoms with Crippen LogP contribution in [0.2, 0.25) is 0 Å². The third kappa shape index (κ3) is 4.83. The van der Waals surface area contributed by atoms with Gasteiger partial charge in [0.2, 0.25) is 0 Å². The summed E-state index contributed by atoms with van der Waals surface area (Å²) in [6.07, 6.45) is 6.39. The van der Waals surface area contributed by atoms with Crippen molar-refractivity contribution in [1.82, 2.24) is 25.1 Å². The van der Waals surface area contributed by atoms with Crippen LogP contribution in [-0.4, -0.2) is 32.2 Å². The van der Waals surface area contributed by atoms with E-state index in [2.05, 4.69) is 61.5 Å². The Balaban J connectivity index is 1.59. The molecule has 2 aromatic carbocycles. The van der Waals surface area contributed by atoms with Crippen molar-refractivity contribution in [3.05, 3.63) is 95.7 Å². The van der Waals surface area contributed by atoms with E-state index in [4.69, 9.17) is 9.15 Å². The summed E-state index contributed by atoms with van der Waals surface area (Å²) < 4.78 is 13.2. The van der Waals surface area contributed by atoms with Crippen LogP contribution in [0.3, 0.4) is 0 Å². The molecular formula is C26H29N5O2. The third-order valence-corrected chi connectivity index (χ3v) is 6.40. The molecular weight excluding hydrogens is 414 g/mol. The number of ether oxygens (including phenoxy) is 1. The van der Waals surface area contributed by atoms with E-state index in [1.165, 1.54) is 18.4 Å². The molecule has 7 nitrogen and oxygen atoms in total. The molecule has 1 saturated carbocycles. The van der Waals surface area contributed by atoms with Crippen molar-refractivity contribution < 1.29 is 9.15 Å². The highest BCUT2D eigenvalue weighted by molar-refractivity contribution is 5.32. The highest BCUT2D eigenvalue weighted by Crippen LogP contribution is 2.36. The topological polar surface area (TPSA) is 69.2 Å². The van der Waals surface area contributed by atoms with Crippen molar-refractivity contribution in [3.63, 3.8) is 0 Å². The van der Waals surface area contributed by atoms with Gasteiger partial charge in [0.05, 0.1) is 32.0 Å². The number of tetrazole rings is 1. The molecule has 4 aromatic rings. The first kappa shape index (κ1) is 21.4. The van der Waals surface area contributed by atoms with Crippen LogP contribution in [0.25, 0.3) is 0 Å². The summed E-state index contributed by atoms with van der Waals surface area (Å²) in [5.41, 5.74) is 2.34. The van der Waals surface area contributed by atoms with E-state index in [0.29, 0.717) is 12.6 Å². The highest BCUT2D eigenvalue weighted by Gasteiger charge is 2.32. The Morgan fingerprint density at radius 3 is 2.48 bits per heavy atom. The first-order valence-electron chi connectivity index (χ1n) is 11.5. The molecule has 5 rings (SSSR count). The molecule has 33 heavy (non-hydrogen) atoms. The van der Waals surface area contributed by atoms with Gasteiger partial charge in [0.15, 0.2) is 5.82 Å². The summed E-state index contributed by atoms with van der Waals surface area (Å²) in [6.45, 7) is 1.37. The SMILES string of the molecule is COc1ccc([C@@H](c2nnnn2C2CCCC2)N(Cc2ccccc2)Cc2ccco2)cc1. The molecule has 7 heteroatoms. The average molecular weight is 444 g/mol. The molecule has 0 spiro atoms. The Bertz CT molecular complexity index is 1120. The van der Waals surface area contributed by atoms with Gasteiger partial charge in [0.25, 0.3) is 0 Å². The predicted molar refractivity (Wildman–Crippen MR) is 125 cm³/mol. The minimum atomic E-state index is -0.142. The summed E-state index contributed by atoms with van der Waals surface area (Å²) >= 11 is 0. The molecule has 0 N–H and O–H groups in total. The predicted octanol–water partition coefficient (Wildman–Crippen LogP) is 5.18. The smallest absolute Gasteiger partial charge is 0.173 e. The van der Waals surface area contributed by atoms with Crippen LogP contribution >= 0.6 is 0 Å². The van der Waals surface area contributed by atoms with Gasteiger partial charge in [-0.25, -0.2) is 4.68 Å². The molecule has 0 saturated heterocycles. The maximum absolute atomic E-state index is 5.75. The van der Waals surface area contributed by atoms with Crippen LogP contribution in [0, 0.1) is 0 Å². The lowest BCUT2D eigenvalue weighted by atomic mass is 10.0. The molecule has 1 aliphatic rings. The molecule has 0 radical (unpaired) electrons. The molecule has 2 heterocycles. The van der Waals surface area contributed by atoms with Gasteiger partial charge in [0.1, 0.15) is 11.5 Å². The zero-order valence-electron chi connectivity index (χ0n) is 18.9. The van der Waals surface area contributed by atoms with Gasteiger partial charge in [-0.15, -0.1) is 5.10 Å². The summed E-state index contributed by atoms with van der Waals surface area (Å²) in [4.78, 5) is 2.38. The van der Waals surface area contributed by atoms with Gasteiger partial charge in [-0.3, -0.25) is 4.90 Å². The maximum atomic E-state index is 5.75. The largest absolute Gasteiger partial charge is 0.497 e. The van der Waals surface area contributed by atoms with Gasteiger partial charge < -0.3 is 9.15 Å². The average Bonchev–Trinajstić information content (AvgIpc) is 3.63. The van der Waals surface area contributed by atoms with Crippen LogP contribution in [0.1, 0.15) is 60.5 Å². The van der Waals surface area contributed by atoms with Crippen LogP contribution in [0.15, 0.2) is 77.4 Å². The van der Waals surface area contributed by atoms with Gasteiger partial charge in [-0.2, -0.15) is 0 Å². The molecule has 170 valence electrons. The number of rotatable bonds is 9. The van der Waals surface area contributed by atoms with E-state index in [9.17, 15) is 0 Å². The fraction of sp³-hybridized carbons (Fsp3) is 0.346. The van der Waals surface area contributed by atoms with E-state index in [1.54, 1.807) is 13.4 Å². The lowest BCUT2D eigenvalue weighted by Gasteiger charge is -2.31. The zero-order valence-corrected chi connectivity index (χ0v) is 18.9. The molecule has 1 atom stereocenters. The second kappa shape index (κ2) is 10.0. The first-order valence-corrected chi connectivity index (χ1v) is 11.5. The standard InChI is InChI=1S/C26H29N5O2/c1-32-23-15-13-21(14-16-23)25(26-27-28-29-31(26)22-10-5-6-11-22)30(19-24-12-7-17-33-24)18-20-8-3-2-4-9-20/h2-4,7-9,12-17,22,25H,5-6,10-11,18-19H2,1H3/t25-/m0/s1. The van der Waals surface area contributed by atoms with E-state index in [1.807, 2.05) is 30.3 Å². The number of hydrogen-bond acceptors (Lipinski definition) is 6. The Morgan fingerprint density at radius 1 is 1.00 bits per heavy atom. The van der Waals surface area contributed by atoms with Crippen molar-refractivity contribution in [1.29, 1.82) is 0 Å².